The standard InChI is InChI=1S/C12H18INOS/c13-8-1-2-9-14-12(15)7-3-5-11-6-4-10-16-11/h4,6,10H,1-3,5,7-9H2,(H,14,15). The van der Waals surface area contributed by atoms with Gasteiger partial charge in [-0.3, -0.25) is 4.79 Å². The van der Waals surface area contributed by atoms with Crippen LogP contribution in [0.15, 0.2) is 17.5 Å². The Labute approximate surface area is 115 Å². The van der Waals surface area contributed by atoms with Crippen LogP contribution in [0.5, 0.6) is 0 Å². The average molecular weight is 351 g/mol. The molecule has 1 amide bonds. The van der Waals surface area contributed by atoms with Crippen molar-refractivity contribution in [2.45, 2.75) is 32.1 Å². The molecule has 0 bridgehead atoms. The van der Waals surface area contributed by atoms with E-state index in [-0.39, 0.29) is 5.91 Å². The minimum Gasteiger partial charge on any atom is -0.356 e. The van der Waals surface area contributed by atoms with Crippen LogP contribution in [0.1, 0.15) is 30.6 Å². The zero-order valence-electron chi connectivity index (χ0n) is 9.38. The highest BCUT2D eigenvalue weighted by Gasteiger charge is 2.01. The highest BCUT2D eigenvalue weighted by molar-refractivity contribution is 14.1. The maximum Gasteiger partial charge on any atom is 0.220 e. The van der Waals surface area contributed by atoms with Gasteiger partial charge in [0.25, 0.3) is 0 Å². The largest absolute Gasteiger partial charge is 0.356 e. The molecule has 0 unspecified atom stereocenters. The van der Waals surface area contributed by atoms with E-state index < -0.39 is 0 Å². The van der Waals surface area contributed by atoms with Crippen LogP contribution in [-0.2, 0) is 11.2 Å². The normalized spacial score (nSPS) is 10.3. The Kier molecular flexibility index (Phi) is 7.84. The van der Waals surface area contributed by atoms with Gasteiger partial charge >= 0.3 is 0 Å². The first-order chi connectivity index (χ1) is 7.83. The van der Waals surface area contributed by atoms with Crippen LogP contribution in [0.25, 0.3) is 0 Å². The van der Waals surface area contributed by atoms with Crippen molar-refractivity contribution in [3.8, 4) is 0 Å². The highest BCUT2D eigenvalue weighted by atomic mass is 127. The summed E-state index contributed by atoms with van der Waals surface area (Å²) in [5.41, 5.74) is 0. The summed E-state index contributed by atoms with van der Waals surface area (Å²) in [5.74, 6) is 0.199. The summed E-state index contributed by atoms with van der Waals surface area (Å²) in [7, 11) is 0. The summed E-state index contributed by atoms with van der Waals surface area (Å²) in [4.78, 5) is 12.8. The molecule has 0 fully saturated rings. The number of hydrogen-bond donors (Lipinski definition) is 1. The topological polar surface area (TPSA) is 29.1 Å². The molecule has 0 spiro atoms. The van der Waals surface area contributed by atoms with Gasteiger partial charge in [0, 0.05) is 17.8 Å². The van der Waals surface area contributed by atoms with Gasteiger partial charge in [0.15, 0.2) is 0 Å². The van der Waals surface area contributed by atoms with Crippen LogP contribution in [0, 0.1) is 0 Å². The van der Waals surface area contributed by atoms with E-state index in [4.69, 9.17) is 0 Å². The molecular formula is C12H18INOS. The van der Waals surface area contributed by atoms with Crippen molar-refractivity contribution in [3.05, 3.63) is 22.4 Å². The lowest BCUT2D eigenvalue weighted by Gasteiger charge is -2.03. The summed E-state index contributed by atoms with van der Waals surface area (Å²) in [6.45, 7) is 0.834. The van der Waals surface area contributed by atoms with E-state index >= 15 is 0 Å². The fourth-order valence-corrected chi connectivity index (χ4v) is 2.70. The fraction of sp³-hybridized carbons (Fsp3) is 0.583. The molecule has 4 heteroatoms. The molecule has 0 aliphatic rings. The molecule has 1 N–H and O–H groups in total. The summed E-state index contributed by atoms with van der Waals surface area (Å²) in [6.07, 6.45) is 4.93. The van der Waals surface area contributed by atoms with Crippen molar-refractivity contribution < 1.29 is 4.79 Å². The highest BCUT2D eigenvalue weighted by Crippen LogP contribution is 2.11. The van der Waals surface area contributed by atoms with Gasteiger partial charge in [-0.1, -0.05) is 28.7 Å². The van der Waals surface area contributed by atoms with E-state index in [1.165, 1.54) is 15.7 Å². The minimum atomic E-state index is 0.199. The van der Waals surface area contributed by atoms with Gasteiger partial charge in [0.2, 0.25) is 5.91 Å². The Morgan fingerprint density at radius 2 is 2.25 bits per heavy atom. The second-order valence-electron chi connectivity index (χ2n) is 3.68. The Bertz CT molecular complexity index is 287. The first-order valence-electron chi connectivity index (χ1n) is 5.68. The van der Waals surface area contributed by atoms with Crippen molar-refractivity contribution in [1.29, 1.82) is 0 Å². The molecule has 0 saturated carbocycles. The molecule has 0 radical (unpaired) electrons. The number of halogens is 1. The van der Waals surface area contributed by atoms with Crippen LogP contribution in [0.3, 0.4) is 0 Å². The third-order valence-corrected chi connectivity index (χ3v) is 3.99. The maximum atomic E-state index is 11.4. The Balaban J connectivity index is 1.98. The van der Waals surface area contributed by atoms with E-state index in [9.17, 15) is 4.79 Å². The number of carbonyl (C=O) groups excluding carboxylic acids is 1. The summed E-state index contributed by atoms with van der Waals surface area (Å²) >= 11 is 4.13. The number of alkyl halides is 1. The smallest absolute Gasteiger partial charge is 0.220 e. The second-order valence-corrected chi connectivity index (χ2v) is 5.79. The van der Waals surface area contributed by atoms with E-state index in [1.807, 2.05) is 0 Å². The third-order valence-electron chi connectivity index (χ3n) is 2.29. The Morgan fingerprint density at radius 1 is 1.38 bits per heavy atom. The van der Waals surface area contributed by atoms with Gasteiger partial charge in [-0.25, -0.2) is 0 Å². The first-order valence-corrected chi connectivity index (χ1v) is 8.08. The first kappa shape index (κ1) is 14.0. The van der Waals surface area contributed by atoms with Gasteiger partial charge in [0.05, 0.1) is 0 Å². The van der Waals surface area contributed by atoms with E-state index in [1.54, 1.807) is 11.3 Å². The molecule has 0 saturated heterocycles. The van der Waals surface area contributed by atoms with Crippen molar-refractivity contribution in [2.24, 2.45) is 0 Å². The van der Waals surface area contributed by atoms with Crippen LogP contribution in [-0.4, -0.2) is 16.9 Å². The zero-order valence-corrected chi connectivity index (χ0v) is 12.4. The van der Waals surface area contributed by atoms with E-state index in [2.05, 4.69) is 45.4 Å². The number of rotatable bonds is 8. The van der Waals surface area contributed by atoms with Crippen LogP contribution >= 0.6 is 33.9 Å². The number of nitrogens with one attached hydrogen (secondary N) is 1. The summed E-state index contributed by atoms with van der Waals surface area (Å²) in [6, 6.07) is 4.19. The lowest BCUT2D eigenvalue weighted by Crippen LogP contribution is -2.24. The molecule has 2 nitrogen and oxygen atoms in total. The Morgan fingerprint density at radius 3 is 2.94 bits per heavy atom. The molecule has 1 aromatic rings. The molecule has 0 aromatic carbocycles. The molecule has 16 heavy (non-hydrogen) atoms. The summed E-state index contributed by atoms with van der Waals surface area (Å²) < 4.78 is 1.17. The van der Waals surface area contributed by atoms with Gasteiger partial charge in [-0.05, 0) is 41.6 Å². The minimum absolute atomic E-state index is 0.199. The summed E-state index contributed by atoms with van der Waals surface area (Å²) in [5, 5.41) is 5.04. The van der Waals surface area contributed by atoms with Crippen molar-refractivity contribution in [2.75, 3.05) is 11.0 Å². The average Bonchev–Trinajstić information content (AvgIpc) is 2.77. The quantitative estimate of drug-likeness (QED) is 0.434. The lowest BCUT2D eigenvalue weighted by molar-refractivity contribution is -0.121. The SMILES string of the molecule is O=C(CCCc1cccs1)NCCCCI. The Hall–Kier alpha value is -0.100. The van der Waals surface area contributed by atoms with Gasteiger partial charge < -0.3 is 5.32 Å². The second kappa shape index (κ2) is 8.98. The fourth-order valence-electron chi connectivity index (χ4n) is 1.41. The number of carbonyl (C=O) groups is 1. The number of thiophene rings is 1. The van der Waals surface area contributed by atoms with Gasteiger partial charge in [0.1, 0.15) is 0 Å². The molecule has 0 aliphatic carbocycles. The number of hydrogen-bond acceptors (Lipinski definition) is 2. The molecule has 1 rings (SSSR count). The number of unbranched alkanes of at least 4 members (excludes halogenated alkanes) is 1. The molecule has 1 aromatic heterocycles. The van der Waals surface area contributed by atoms with Gasteiger partial charge in [-0.2, -0.15) is 0 Å². The molecule has 0 atom stereocenters. The monoisotopic (exact) mass is 351 g/mol. The molecule has 90 valence electrons. The van der Waals surface area contributed by atoms with Crippen LogP contribution in [0.2, 0.25) is 0 Å². The molecule has 1 heterocycles. The van der Waals surface area contributed by atoms with E-state index in [0.29, 0.717) is 6.42 Å². The predicted octanol–water partition coefficient (Wildman–Crippen LogP) is 3.40. The molecular weight excluding hydrogens is 333 g/mol. The van der Waals surface area contributed by atoms with Crippen LogP contribution < -0.4 is 5.32 Å². The lowest BCUT2D eigenvalue weighted by atomic mass is 10.2. The van der Waals surface area contributed by atoms with Crippen molar-refractivity contribution in [1.82, 2.24) is 5.32 Å². The van der Waals surface area contributed by atoms with Crippen molar-refractivity contribution >= 4 is 39.8 Å². The predicted molar refractivity (Wildman–Crippen MR) is 78.4 cm³/mol. The van der Waals surface area contributed by atoms with E-state index in [0.717, 1.165) is 25.8 Å². The van der Waals surface area contributed by atoms with Crippen molar-refractivity contribution in [3.63, 3.8) is 0 Å². The van der Waals surface area contributed by atoms with Crippen LogP contribution in [0.4, 0.5) is 0 Å². The molecule has 0 aliphatic heterocycles. The number of aryl methyl sites for hydroxylation is 1. The third kappa shape index (κ3) is 6.48. The van der Waals surface area contributed by atoms with Gasteiger partial charge in [-0.15, -0.1) is 11.3 Å². The maximum absolute atomic E-state index is 11.4. The number of amides is 1. The zero-order chi connectivity index (χ0) is 11.6.